The van der Waals surface area contributed by atoms with Crippen LogP contribution < -0.4 is 9.47 Å². The van der Waals surface area contributed by atoms with Crippen LogP contribution in [0.2, 0.25) is 0 Å². The second kappa shape index (κ2) is 19.8. The van der Waals surface area contributed by atoms with Gasteiger partial charge in [0, 0.05) is 24.4 Å². The third-order valence-corrected chi connectivity index (χ3v) is 11.6. The molecule has 0 bridgehead atoms. The number of esters is 3. The summed E-state index contributed by atoms with van der Waals surface area (Å²) in [5, 5.41) is 12.4. The van der Waals surface area contributed by atoms with Gasteiger partial charge in [-0.2, -0.15) is 0 Å². The second-order valence-electron chi connectivity index (χ2n) is 15.3. The molecule has 296 valence electrons. The SMILES string of the molecule is CCCCCCCC/C=C\CCCCCCCC(=O)O[C@@H](C)C(=O)O[C@@H](C)C(=O)OC1=CC[C@@]2(O)[C@H](N(C)CC)Cc3ccc(OC)c4c3[C@@]2(C)[C@H]1O4. The number of hydrogen-bond acceptors (Lipinski definition) is 10. The Labute approximate surface area is 317 Å². The highest BCUT2D eigenvalue weighted by Crippen LogP contribution is 2.62. The molecule has 3 aliphatic rings. The van der Waals surface area contributed by atoms with Crippen LogP contribution in [-0.2, 0) is 40.4 Å². The lowest BCUT2D eigenvalue weighted by molar-refractivity contribution is -0.177. The summed E-state index contributed by atoms with van der Waals surface area (Å²) in [7, 11) is 3.57. The molecule has 0 saturated carbocycles. The minimum atomic E-state index is -1.28. The number of unbranched alkanes of at least 4 members (excludes halogenated alkanes) is 11. The molecule has 0 unspecified atom stereocenters. The van der Waals surface area contributed by atoms with Crippen molar-refractivity contribution < 1.29 is 43.2 Å². The highest BCUT2D eigenvalue weighted by molar-refractivity contribution is 5.83. The van der Waals surface area contributed by atoms with Crippen LogP contribution in [-0.4, -0.2) is 78.6 Å². The number of likely N-dealkylation sites (N-methyl/N-ethyl adjacent to an activating group) is 1. The Morgan fingerprint density at radius 3 is 2.19 bits per heavy atom. The van der Waals surface area contributed by atoms with Crippen molar-refractivity contribution in [2.75, 3.05) is 20.7 Å². The lowest BCUT2D eigenvalue weighted by atomic mass is 9.54. The molecule has 6 atom stereocenters. The van der Waals surface area contributed by atoms with E-state index in [0.29, 0.717) is 24.3 Å². The van der Waals surface area contributed by atoms with Gasteiger partial charge in [-0.3, -0.25) is 4.79 Å². The zero-order valence-electron chi connectivity index (χ0n) is 33.4. The molecule has 0 amide bonds. The average molecular weight is 740 g/mol. The van der Waals surface area contributed by atoms with Crippen LogP contribution in [0.25, 0.3) is 0 Å². The fraction of sp³-hybridized carbons (Fsp3) is 0.698. The van der Waals surface area contributed by atoms with Gasteiger partial charge in [0.2, 0.25) is 0 Å². The molecule has 1 N–H and O–H groups in total. The number of ether oxygens (including phenoxy) is 5. The van der Waals surface area contributed by atoms with Gasteiger partial charge >= 0.3 is 17.9 Å². The molecule has 4 rings (SSSR count). The molecule has 53 heavy (non-hydrogen) atoms. The molecular formula is C43H65NO9. The predicted molar refractivity (Wildman–Crippen MR) is 205 cm³/mol. The van der Waals surface area contributed by atoms with Crippen molar-refractivity contribution >= 4 is 17.9 Å². The standard InChI is InChI=1S/C43H65NO9/c1-8-10-11-12-13-14-15-16-17-18-19-20-21-22-23-24-36(45)50-30(3)40(46)51-31(4)41(47)52-34-27-28-43(48)35(44(6)9-2)29-32-25-26-33(49-7)38-37(32)42(43,5)39(34)53-38/h16-17,25-27,30-31,35,39,48H,8-15,18-24,28-29H2,1-7H3/b17-16-/t30-,31-,35+,39-,42-,43+/m0/s1. The van der Waals surface area contributed by atoms with E-state index >= 15 is 0 Å². The van der Waals surface area contributed by atoms with E-state index in [4.69, 9.17) is 23.7 Å². The van der Waals surface area contributed by atoms with Gasteiger partial charge in [0.1, 0.15) is 5.76 Å². The van der Waals surface area contributed by atoms with Gasteiger partial charge in [-0.25, -0.2) is 9.59 Å². The predicted octanol–water partition coefficient (Wildman–Crippen LogP) is 8.05. The van der Waals surface area contributed by atoms with Crippen molar-refractivity contribution in [1.82, 2.24) is 4.90 Å². The van der Waals surface area contributed by atoms with Crippen molar-refractivity contribution in [3.63, 3.8) is 0 Å². The zero-order chi connectivity index (χ0) is 38.6. The number of aliphatic hydroxyl groups is 1. The number of rotatable bonds is 23. The lowest BCUT2D eigenvalue weighted by Crippen LogP contribution is -2.69. The summed E-state index contributed by atoms with van der Waals surface area (Å²) < 4.78 is 28.7. The van der Waals surface area contributed by atoms with Gasteiger partial charge in [-0.15, -0.1) is 0 Å². The molecule has 1 aliphatic heterocycles. The Morgan fingerprint density at radius 2 is 1.55 bits per heavy atom. The van der Waals surface area contributed by atoms with Crippen molar-refractivity contribution in [2.45, 2.75) is 173 Å². The van der Waals surface area contributed by atoms with Crippen LogP contribution in [0.5, 0.6) is 11.5 Å². The Kier molecular flexibility index (Phi) is 15.8. The lowest BCUT2D eigenvalue weighted by Gasteiger charge is -2.56. The number of benzene rings is 1. The summed E-state index contributed by atoms with van der Waals surface area (Å²) in [5.41, 5.74) is -0.250. The first-order chi connectivity index (χ1) is 25.4. The maximum Gasteiger partial charge on any atom is 0.352 e. The van der Waals surface area contributed by atoms with Crippen LogP contribution in [0.15, 0.2) is 36.1 Å². The maximum absolute atomic E-state index is 13.3. The van der Waals surface area contributed by atoms with Crippen LogP contribution in [0.4, 0.5) is 0 Å². The first-order valence-corrected chi connectivity index (χ1v) is 20.2. The van der Waals surface area contributed by atoms with Gasteiger partial charge in [0.05, 0.1) is 18.1 Å². The topological polar surface area (TPSA) is 121 Å². The van der Waals surface area contributed by atoms with Gasteiger partial charge in [0.25, 0.3) is 0 Å². The fourth-order valence-corrected chi connectivity index (χ4v) is 8.21. The molecule has 10 nitrogen and oxygen atoms in total. The summed E-state index contributed by atoms with van der Waals surface area (Å²) in [4.78, 5) is 40.7. The normalized spacial score (nSPS) is 23.9. The van der Waals surface area contributed by atoms with Gasteiger partial charge < -0.3 is 33.7 Å². The van der Waals surface area contributed by atoms with Crippen molar-refractivity contribution in [3.05, 3.63) is 47.2 Å². The minimum absolute atomic E-state index is 0.204. The number of hydrogen-bond donors (Lipinski definition) is 1. The van der Waals surface area contributed by atoms with Crippen molar-refractivity contribution in [2.24, 2.45) is 0 Å². The quantitative estimate of drug-likeness (QED) is 0.0511. The van der Waals surface area contributed by atoms with E-state index in [0.717, 1.165) is 49.8 Å². The number of nitrogens with zero attached hydrogens (tertiary/aromatic N) is 1. The number of carbonyl (C=O) groups is 3. The summed E-state index contributed by atoms with van der Waals surface area (Å²) in [6.45, 7) is 9.85. The summed E-state index contributed by atoms with van der Waals surface area (Å²) in [6, 6.07) is 3.68. The van der Waals surface area contributed by atoms with E-state index in [1.165, 1.54) is 58.8 Å². The molecule has 0 spiro atoms. The Balaban J connectivity index is 1.20. The van der Waals surface area contributed by atoms with E-state index in [1.807, 2.05) is 26.1 Å². The monoisotopic (exact) mass is 739 g/mol. The Hall–Kier alpha value is -3.37. The smallest absolute Gasteiger partial charge is 0.352 e. The fourth-order valence-electron chi connectivity index (χ4n) is 8.21. The zero-order valence-corrected chi connectivity index (χ0v) is 33.4. The highest BCUT2D eigenvalue weighted by Gasteiger charge is 2.68. The van der Waals surface area contributed by atoms with Crippen molar-refractivity contribution in [1.29, 1.82) is 0 Å². The molecule has 1 aromatic rings. The van der Waals surface area contributed by atoms with Gasteiger partial charge in [0.15, 0.2) is 29.8 Å². The van der Waals surface area contributed by atoms with Crippen LogP contribution in [0.1, 0.15) is 142 Å². The van der Waals surface area contributed by atoms with Gasteiger partial charge in [-0.05, 0) is 90.6 Å². The van der Waals surface area contributed by atoms with Crippen LogP contribution >= 0.6 is 0 Å². The first kappa shape index (κ1) is 42.4. The highest BCUT2D eigenvalue weighted by atomic mass is 16.6. The maximum atomic E-state index is 13.3. The van der Waals surface area contributed by atoms with E-state index < -0.39 is 47.2 Å². The molecule has 10 heteroatoms. The van der Waals surface area contributed by atoms with E-state index in [2.05, 4.69) is 30.9 Å². The van der Waals surface area contributed by atoms with Crippen molar-refractivity contribution in [3.8, 4) is 11.5 Å². The number of carbonyl (C=O) groups excluding carboxylic acids is 3. The minimum Gasteiger partial charge on any atom is -0.493 e. The molecule has 0 fully saturated rings. The van der Waals surface area contributed by atoms with E-state index in [9.17, 15) is 19.5 Å². The summed E-state index contributed by atoms with van der Waals surface area (Å²) in [6.07, 6.45) is 19.3. The van der Waals surface area contributed by atoms with Crippen LogP contribution in [0, 0.1) is 0 Å². The molecule has 0 aromatic heterocycles. The largest absolute Gasteiger partial charge is 0.493 e. The number of methoxy groups -OCH3 is 1. The van der Waals surface area contributed by atoms with E-state index in [1.54, 1.807) is 13.2 Å². The van der Waals surface area contributed by atoms with Crippen LogP contribution in [0.3, 0.4) is 0 Å². The average Bonchev–Trinajstić information content (AvgIpc) is 3.48. The van der Waals surface area contributed by atoms with Gasteiger partial charge in [-0.1, -0.05) is 83.4 Å². The van der Waals surface area contributed by atoms with E-state index in [-0.39, 0.29) is 24.6 Å². The molecule has 0 saturated heterocycles. The number of allylic oxidation sites excluding steroid dienone is 2. The third kappa shape index (κ3) is 9.85. The summed E-state index contributed by atoms with van der Waals surface area (Å²) in [5.74, 6) is -0.776. The summed E-state index contributed by atoms with van der Waals surface area (Å²) >= 11 is 0. The molecule has 1 heterocycles. The third-order valence-electron chi connectivity index (χ3n) is 11.6. The molecular weight excluding hydrogens is 674 g/mol. The Morgan fingerprint density at radius 1 is 0.925 bits per heavy atom. The molecule has 1 aromatic carbocycles. The first-order valence-electron chi connectivity index (χ1n) is 20.2. The molecule has 0 radical (unpaired) electrons. The second-order valence-corrected chi connectivity index (χ2v) is 15.3. The Bertz CT molecular complexity index is 1460. The molecule has 2 aliphatic carbocycles.